The van der Waals surface area contributed by atoms with Gasteiger partial charge in [0.05, 0.1) is 5.69 Å². The van der Waals surface area contributed by atoms with E-state index in [-0.39, 0.29) is 0 Å². The van der Waals surface area contributed by atoms with Gasteiger partial charge in [0.15, 0.2) is 0 Å². The smallest absolute Gasteiger partial charge is 0.0622 e. The Bertz CT molecular complexity index is 2270. The van der Waals surface area contributed by atoms with Gasteiger partial charge in [-0.05, 0) is 80.3 Å². The van der Waals surface area contributed by atoms with Crippen molar-refractivity contribution in [3.8, 4) is 11.1 Å². The molecule has 0 N–H and O–H groups in total. The molecule has 6 aromatic carbocycles. The molecule has 0 saturated carbocycles. The Labute approximate surface area is 261 Å². The number of pyridine rings is 1. The number of anilines is 3. The predicted molar refractivity (Wildman–Crippen MR) is 188 cm³/mol. The minimum Gasteiger partial charge on any atom is -0.310 e. The zero-order valence-electron chi connectivity index (χ0n) is 24.0. The molecule has 0 radical (unpaired) electrons. The zero-order valence-corrected chi connectivity index (χ0v) is 24.8. The summed E-state index contributed by atoms with van der Waals surface area (Å²) < 4.78 is 0. The standard InChI is InChI=1S/C41H28N2S/c1-2-9-31(10-3-1)43(33-20-23-35-29(24-33)17-22-36-34-11-5-4-8-28(34)16-21-37(35)36)32-18-14-27(15-19-32)30-25-40-41(42-26-30)38-12-6-7-13-39(38)44-40/h1-26,38-39H. The van der Waals surface area contributed by atoms with Crippen molar-refractivity contribution in [2.24, 2.45) is 0 Å². The predicted octanol–water partition coefficient (Wildman–Crippen LogP) is 11.4. The maximum atomic E-state index is 4.92. The molecule has 44 heavy (non-hydrogen) atoms. The quantitative estimate of drug-likeness (QED) is 0.193. The van der Waals surface area contributed by atoms with Crippen molar-refractivity contribution in [2.45, 2.75) is 16.1 Å². The van der Waals surface area contributed by atoms with Gasteiger partial charge in [0.25, 0.3) is 0 Å². The van der Waals surface area contributed by atoms with Crippen LogP contribution in [0.5, 0.6) is 0 Å². The van der Waals surface area contributed by atoms with Crippen LogP contribution in [-0.2, 0) is 0 Å². The van der Waals surface area contributed by atoms with Crippen LogP contribution in [0.15, 0.2) is 163 Å². The molecule has 208 valence electrons. The van der Waals surface area contributed by atoms with Crippen LogP contribution in [0.3, 0.4) is 0 Å². The van der Waals surface area contributed by atoms with Gasteiger partial charge >= 0.3 is 0 Å². The minimum atomic E-state index is 0.384. The molecule has 0 bridgehead atoms. The van der Waals surface area contributed by atoms with Crippen molar-refractivity contribution in [1.82, 2.24) is 4.98 Å². The minimum absolute atomic E-state index is 0.384. The molecule has 1 aliphatic heterocycles. The summed E-state index contributed by atoms with van der Waals surface area (Å²) >= 11 is 1.92. The average Bonchev–Trinajstić information content (AvgIpc) is 3.47. The van der Waals surface area contributed by atoms with E-state index in [2.05, 4.69) is 157 Å². The van der Waals surface area contributed by atoms with Crippen LogP contribution in [0.1, 0.15) is 11.6 Å². The lowest BCUT2D eigenvalue weighted by Gasteiger charge is -2.26. The molecule has 2 atom stereocenters. The topological polar surface area (TPSA) is 16.1 Å². The molecule has 0 saturated heterocycles. The molecule has 2 unspecified atom stereocenters. The molecule has 9 rings (SSSR count). The van der Waals surface area contributed by atoms with Crippen molar-refractivity contribution >= 4 is 61.1 Å². The number of hydrogen-bond acceptors (Lipinski definition) is 3. The first-order chi connectivity index (χ1) is 21.8. The fraction of sp³-hybridized carbons (Fsp3) is 0.0488. The molecule has 2 heterocycles. The van der Waals surface area contributed by atoms with Crippen LogP contribution >= 0.6 is 11.8 Å². The van der Waals surface area contributed by atoms with Crippen molar-refractivity contribution in [2.75, 3.05) is 4.90 Å². The molecular formula is C41H28N2S. The molecule has 0 fully saturated rings. The van der Waals surface area contributed by atoms with Crippen LogP contribution in [0.2, 0.25) is 0 Å². The summed E-state index contributed by atoms with van der Waals surface area (Å²) in [7, 11) is 0. The third kappa shape index (κ3) is 4.16. The van der Waals surface area contributed by atoms with Crippen LogP contribution in [0.4, 0.5) is 17.1 Å². The first-order valence-corrected chi connectivity index (χ1v) is 16.0. The molecule has 1 aromatic heterocycles. The molecule has 7 aromatic rings. The normalized spacial score (nSPS) is 16.8. The van der Waals surface area contributed by atoms with E-state index in [1.54, 1.807) is 0 Å². The second-order valence-corrected chi connectivity index (χ2v) is 12.8. The number of fused-ring (bicyclic) bond motifs is 8. The summed E-state index contributed by atoms with van der Waals surface area (Å²) in [6.45, 7) is 0. The average molecular weight is 581 g/mol. The first-order valence-electron chi connectivity index (χ1n) is 15.1. The fourth-order valence-corrected chi connectivity index (χ4v) is 8.17. The second kappa shape index (κ2) is 10.3. The summed E-state index contributed by atoms with van der Waals surface area (Å²) in [6.07, 6.45) is 10.9. The van der Waals surface area contributed by atoms with Gasteiger partial charge in [-0.15, -0.1) is 11.8 Å². The largest absolute Gasteiger partial charge is 0.310 e. The van der Waals surface area contributed by atoms with Crippen LogP contribution < -0.4 is 4.90 Å². The molecule has 3 heteroatoms. The molecule has 2 nitrogen and oxygen atoms in total. The van der Waals surface area contributed by atoms with E-state index < -0.39 is 0 Å². The number of nitrogens with zero attached hydrogens (tertiary/aromatic N) is 2. The van der Waals surface area contributed by atoms with Gasteiger partial charge in [-0.2, -0.15) is 0 Å². The monoisotopic (exact) mass is 580 g/mol. The summed E-state index contributed by atoms with van der Waals surface area (Å²) in [5, 5.41) is 8.12. The molecular weight excluding hydrogens is 553 g/mol. The highest BCUT2D eigenvalue weighted by atomic mass is 32.2. The summed E-state index contributed by atoms with van der Waals surface area (Å²) in [6, 6.07) is 46.4. The molecule has 0 amide bonds. The lowest BCUT2D eigenvalue weighted by Crippen LogP contribution is -2.09. The van der Waals surface area contributed by atoms with E-state index in [9.17, 15) is 0 Å². The number of rotatable bonds is 4. The van der Waals surface area contributed by atoms with Crippen molar-refractivity contribution in [1.29, 1.82) is 0 Å². The molecule has 0 spiro atoms. The van der Waals surface area contributed by atoms with Gasteiger partial charge in [-0.3, -0.25) is 4.98 Å². The third-order valence-corrected chi connectivity index (χ3v) is 10.3. The van der Waals surface area contributed by atoms with Crippen LogP contribution in [0, 0.1) is 0 Å². The zero-order chi connectivity index (χ0) is 29.0. The van der Waals surface area contributed by atoms with E-state index in [0.717, 1.165) is 22.6 Å². The van der Waals surface area contributed by atoms with Gasteiger partial charge in [0, 0.05) is 44.9 Å². The first kappa shape index (κ1) is 25.4. The Morgan fingerprint density at radius 1 is 0.523 bits per heavy atom. The number of hydrogen-bond donors (Lipinski definition) is 0. The lowest BCUT2D eigenvalue weighted by molar-refractivity contribution is 0.836. The number of benzene rings is 6. The Hall–Kier alpha value is -5.12. The second-order valence-electron chi connectivity index (χ2n) is 11.6. The van der Waals surface area contributed by atoms with Gasteiger partial charge in [0.1, 0.15) is 0 Å². The Balaban J connectivity index is 1.10. The maximum Gasteiger partial charge on any atom is 0.0622 e. The highest BCUT2D eigenvalue weighted by molar-refractivity contribution is 8.00. The summed E-state index contributed by atoms with van der Waals surface area (Å²) in [4.78, 5) is 8.56. The number of para-hydroxylation sites is 1. The Morgan fingerprint density at radius 2 is 1.20 bits per heavy atom. The SMILES string of the molecule is C1=CC2Sc3cc(-c4ccc(N(c5ccccc5)c5ccc6c(ccc7c8ccccc8ccc67)c5)cc4)cnc3C2C=C1. The van der Waals surface area contributed by atoms with Crippen LogP contribution in [-0.4, -0.2) is 10.2 Å². The Morgan fingerprint density at radius 3 is 2.07 bits per heavy atom. The number of thioether (sulfide) groups is 1. The van der Waals surface area contributed by atoms with Crippen molar-refractivity contribution in [3.63, 3.8) is 0 Å². The van der Waals surface area contributed by atoms with Gasteiger partial charge < -0.3 is 4.90 Å². The van der Waals surface area contributed by atoms with Crippen molar-refractivity contribution < 1.29 is 0 Å². The van der Waals surface area contributed by atoms with Gasteiger partial charge in [-0.1, -0.05) is 109 Å². The fourth-order valence-electron chi connectivity index (χ4n) is 6.83. The van der Waals surface area contributed by atoms with E-state index >= 15 is 0 Å². The van der Waals surface area contributed by atoms with Crippen molar-refractivity contribution in [3.05, 3.63) is 164 Å². The van der Waals surface area contributed by atoms with E-state index in [4.69, 9.17) is 4.98 Å². The third-order valence-electron chi connectivity index (χ3n) is 9.00. The van der Waals surface area contributed by atoms with E-state index in [0.29, 0.717) is 11.2 Å². The van der Waals surface area contributed by atoms with E-state index in [1.807, 2.05) is 18.0 Å². The molecule has 1 aliphatic carbocycles. The van der Waals surface area contributed by atoms with E-state index in [1.165, 1.54) is 48.5 Å². The number of allylic oxidation sites excluding steroid dienone is 3. The summed E-state index contributed by atoms with van der Waals surface area (Å²) in [5.41, 5.74) is 6.92. The number of aromatic nitrogens is 1. The highest BCUT2D eigenvalue weighted by Gasteiger charge is 2.32. The van der Waals surface area contributed by atoms with Gasteiger partial charge in [-0.25, -0.2) is 0 Å². The lowest BCUT2D eigenvalue weighted by atomic mass is 9.96. The van der Waals surface area contributed by atoms with Gasteiger partial charge in [0.2, 0.25) is 0 Å². The maximum absolute atomic E-state index is 4.92. The molecule has 2 aliphatic rings. The Kier molecular flexibility index (Phi) is 5.92. The van der Waals surface area contributed by atoms with Crippen LogP contribution in [0.25, 0.3) is 43.4 Å². The summed E-state index contributed by atoms with van der Waals surface area (Å²) in [5.74, 6) is 0.384. The highest BCUT2D eigenvalue weighted by Crippen LogP contribution is 2.48.